The molecule has 29 heavy (non-hydrogen) atoms. The van der Waals surface area contributed by atoms with Gasteiger partial charge in [0.05, 0.1) is 5.91 Å². The molecule has 0 aromatic heterocycles. The van der Waals surface area contributed by atoms with Crippen molar-refractivity contribution in [1.82, 2.24) is 0 Å². The van der Waals surface area contributed by atoms with Crippen molar-refractivity contribution in [2.75, 3.05) is 0 Å². The van der Waals surface area contributed by atoms with Crippen molar-refractivity contribution in [3.8, 4) is 11.1 Å². The summed E-state index contributed by atoms with van der Waals surface area (Å²) in [5, 5.41) is 0. The van der Waals surface area contributed by atoms with Crippen molar-refractivity contribution in [1.29, 1.82) is 0 Å². The largest absolute Gasteiger partial charge is 4.00 e. The first kappa shape index (κ1) is 28.4. The summed E-state index contributed by atoms with van der Waals surface area (Å²) in [6.45, 7) is 4.42. The van der Waals surface area contributed by atoms with Gasteiger partial charge in [-0.15, -0.1) is 5.56 Å². The smallest absolute Gasteiger partial charge is 1.00 e. The van der Waals surface area contributed by atoms with E-state index in [0.717, 1.165) is 28.3 Å². The fraction of sp³-hybridized carbons (Fsp3) is 0.435. The monoisotopic (exact) mass is 480 g/mol. The van der Waals surface area contributed by atoms with Crippen LogP contribution in [-0.2, 0) is 32.9 Å². The van der Waals surface area contributed by atoms with Crippen molar-refractivity contribution in [2.24, 2.45) is 17.8 Å². The van der Waals surface area contributed by atoms with Crippen LogP contribution in [0.25, 0.3) is 16.9 Å². The van der Waals surface area contributed by atoms with Crippen LogP contribution in [0.5, 0.6) is 0 Å². The van der Waals surface area contributed by atoms with Crippen LogP contribution in [0.15, 0.2) is 42.5 Å². The minimum absolute atomic E-state index is 0. The van der Waals surface area contributed by atoms with Crippen molar-refractivity contribution >= 4 is 15.4 Å². The Labute approximate surface area is 205 Å². The molecule has 1 amide bonds. The molecule has 0 heterocycles. The van der Waals surface area contributed by atoms with Crippen LogP contribution < -0.4 is 24.8 Å². The van der Waals surface area contributed by atoms with Crippen molar-refractivity contribution in [3.05, 3.63) is 65.4 Å². The predicted octanol–water partition coefficient (Wildman–Crippen LogP) is -0.416. The van der Waals surface area contributed by atoms with Crippen molar-refractivity contribution < 1.29 is 51.3 Å². The maximum Gasteiger partial charge on any atom is 4.00 e. The Morgan fingerprint density at radius 2 is 1.69 bits per heavy atom. The average Bonchev–Trinajstić information content (AvgIpc) is 3.36. The Balaban J connectivity index is 0.000000446. The molecule has 2 saturated carbocycles. The SMILES string of the molecule is C[SiH]C.[Cl-].[Cl-].[NH-]C(=O)C1CC2CCC1C2.[Ti+4].[c-]1cccc2c1Cc1ccccc1-2. The molecule has 153 valence electrons. The second-order valence-electron chi connectivity index (χ2n) is 7.62. The summed E-state index contributed by atoms with van der Waals surface area (Å²) in [6.07, 6.45) is 5.82. The molecule has 3 aliphatic carbocycles. The summed E-state index contributed by atoms with van der Waals surface area (Å²) in [5.74, 6) is 1.20. The van der Waals surface area contributed by atoms with Gasteiger partial charge in [0.2, 0.25) is 0 Å². The van der Waals surface area contributed by atoms with Gasteiger partial charge in [0, 0.05) is 15.4 Å². The third-order valence-corrected chi connectivity index (χ3v) is 5.69. The van der Waals surface area contributed by atoms with Gasteiger partial charge in [-0.2, -0.15) is 29.8 Å². The number of hydrogen-bond donors (Lipinski definition) is 0. The summed E-state index contributed by atoms with van der Waals surface area (Å²) in [4.78, 5) is 10.7. The minimum Gasteiger partial charge on any atom is -1.00 e. The van der Waals surface area contributed by atoms with E-state index in [1.54, 1.807) is 0 Å². The van der Waals surface area contributed by atoms with Gasteiger partial charge in [-0.1, -0.05) is 54.9 Å². The van der Waals surface area contributed by atoms with E-state index in [1.807, 2.05) is 6.07 Å². The number of rotatable bonds is 1. The van der Waals surface area contributed by atoms with Gasteiger partial charge in [0.15, 0.2) is 0 Å². The van der Waals surface area contributed by atoms with Crippen LogP contribution in [0.3, 0.4) is 0 Å². The molecule has 3 aliphatic rings. The zero-order chi connectivity index (χ0) is 18.5. The van der Waals surface area contributed by atoms with E-state index in [4.69, 9.17) is 5.73 Å². The van der Waals surface area contributed by atoms with E-state index in [1.165, 1.54) is 41.5 Å². The molecule has 3 atom stereocenters. The summed E-state index contributed by atoms with van der Waals surface area (Å²) in [7, 11) is 0.750. The number of hydrogen-bond acceptors (Lipinski definition) is 1. The summed E-state index contributed by atoms with van der Waals surface area (Å²) >= 11 is 0. The molecular formula is C23H28Cl2NOSiTi. The Morgan fingerprint density at radius 1 is 1.03 bits per heavy atom. The average molecular weight is 481 g/mol. The molecule has 0 aliphatic heterocycles. The van der Waals surface area contributed by atoms with Crippen molar-refractivity contribution in [3.63, 3.8) is 0 Å². The third-order valence-electron chi connectivity index (χ3n) is 5.69. The van der Waals surface area contributed by atoms with Crippen LogP contribution in [0, 0.1) is 23.8 Å². The summed E-state index contributed by atoms with van der Waals surface area (Å²) < 4.78 is 0. The van der Waals surface area contributed by atoms with Crippen LogP contribution in [0.1, 0.15) is 36.8 Å². The van der Waals surface area contributed by atoms with Crippen LogP contribution in [0.2, 0.25) is 13.1 Å². The molecule has 2 aromatic carbocycles. The molecule has 2 aromatic rings. The van der Waals surface area contributed by atoms with Gasteiger partial charge < -0.3 is 35.3 Å². The maximum atomic E-state index is 10.7. The number of carbonyl (C=O) groups is 1. The van der Waals surface area contributed by atoms with Gasteiger partial charge in [-0.25, -0.2) is 0 Å². The first-order valence-corrected chi connectivity index (χ1v) is 12.0. The molecule has 0 spiro atoms. The topological polar surface area (TPSA) is 40.9 Å². The first-order chi connectivity index (χ1) is 12.6. The predicted molar refractivity (Wildman–Crippen MR) is 111 cm³/mol. The van der Waals surface area contributed by atoms with E-state index < -0.39 is 0 Å². The number of fused-ring (bicyclic) bond motifs is 5. The van der Waals surface area contributed by atoms with Crippen LogP contribution in [0.4, 0.5) is 0 Å². The number of benzene rings is 2. The Morgan fingerprint density at radius 3 is 2.24 bits per heavy atom. The zero-order valence-corrected chi connectivity index (χ0v) is 21.3. The summed E-state index contributed by atoms with van der Waals surface area (Å²) in [5.41, 5.74) is 12.5. The van der Waals surface area contributed by atoms with Gasteiger partial charge in [0.25, 0.3) is 0 Å². The van der Waals surface area contributed by atoms with E-state index >= 15 is 0 Å². The second kappa shape index (κ2) is 13.7. The number of nitrogens with one attached hydrogen (secondary N) is 1. The normalized spacial score (nSPS) is 21.4. The molecule has 6 heteroatoms. The molecule has 2 bridgehead atoms. The van der Waals surface area contributed by atoms with Gasteiger partial charge in [0.1, 0.15) is 0 Å². The van der Waals surface area contributed by atoms with Crippen molar-refractivity contribution in [2.45, 2.75) is 45.2 Å². The first-order valence-electron chi connectivity index (χ1n) is 9.71. The fourth-order valence-corrected chi connectivity index (χ4v) is 4.56. The fourth-order valence-electron chi connectivity index (χ4n) is 4.56. The molecule has 3 unspecified atom stereocenters. The minimum atomic E-state index is -0.313. The zero-order valence-electron chi connectivity index (χ0n) is 17.1. The standard InChI is InChI=1S/C13H9.C8H13NO.C2H7Si.2ClH.Ti/c1-3-7-12-10(5-1)9-11-6-2-4-8-13(11)12;9-8(10)7-4-5-1-2-6(7)3-5;1-3-2;;;/h1-5,7-8H,9H2;5-7H,1-4H2,(H2,9,10);3H,1-2H3;2*1H;/q-1;;;;;+4/p-3. The van der Waals surface area contributed by atoms with E-state index in [9.17, 15) is 4.79 Å². The van der Waals surface area contributed by atoms with Crippen LogP contribution in [-0.4, -0.2) is 15.4 Å². The molecule has 2 nitrogen and oxygen atoms in total. The quantitative estimate of drug-likeness (QED) is 0.344. The Hall–Kier alpha value is -0.579. The molecule has 1 radical (unpaired) electrons. The van der Waals surface area contributed by atoms with Crippen LogP contribution >= 0.6 is 0 Å². The number of halogens is 2. The molecule has 1 N–H and O–H groups in total. The summed E-state index contributed by atoms with van der Waals surface area (Å²) in [6, 6.07) is 18.1. The van der Waals surface area contributed by atoms with E-state index in [0.29, 0.717) is 5.92 Å². The molecule has 5 rings (SSSR count). The number of amides is 1. The van der Waals surface area contributed by atoms with Gasteiger partial charge >= 0.3 is 21.7 Å². The number of carbonyl (C=O) groups excluding carboxylic acids is 1. The maximum absolute atomic E-state index is 10.7. The molecule has 0 saturated heterocycles. The van der Waals surface area contributed by atoms with Gasteiger partial charge in [-0.05, 0) is 37.5 Å². The second-order valence-corrected chi connectivity index (χ2v) is 8.77. The Bertz CT molecular complexity index is 731. The van der Waals surface area contributed by atoms with E-state index in [2.05, 4.69) is 55.6 Å². The van der Waals surface area contributed by atoms with E-state index in [-0.39, 0.29) is 58.4 Å². The molecular weight excluding hydrogens is 453 g/mol. The molecule has 2 fully saturated rings. The van der Waals surface area contributed by atoms with Gasteiger partial charge in [-0.3, -0.25) is 0 Å². The Kier molecular flexibility index (Phi) is 13.4. The third kappa shape index (κ3) is 6.97.